The number of rotatable bonds is 0. The van der Waals surface area contributed by atoms with Crippen molar-refractivity contribution >= 4 is 16.8 Å². The van der Waals surface area contributed by atoms with Crippen LogP contribution in [0.3, 0.4) is 0 Å². The zero-order valence-electron chi connectivity index (χ0n) is 13.4. The van der Waals surface area contributed by atoms with Crippen LogP contribution in [0.2, 0.25) is 0 Å². The molecule has 0 saturated heterocycles. The second kappa shape index (κ2) is 4.39. The third-order valence-corrected chi connectivity index (χ3v) is 5.69. The van der Waals surface area contributed by atoms with Gasteiger partial charge in [0.2, 0.25) is 0 Å². The highest BCUT2D eigenvalue weighted by molar-refractivity contribution is 6.00. The lowest BCUT2D eigenvalue weighted by Crippen LogP contribution is -2.37. The molecule has 1 nitrogen and oxygen atoms in total. The van der Waals surface area contributed by atoms with Crippen LogP contribution >= 0.6 is 0 Å². The van der Waals surface area contributed by atoms with Crippen LogP contribution in [-0.2, 0) is 0 Å². The molecular formula is C23H17N. The molecule has 2 aromatic carbocycles. The lowest BCUT2D eigenvalue weighted by Gasteiger charge is -2.46. The second-order valence-corrected chi connectivity index (χ2v) is 6.83. The Morgan fingerprint density at radius 3 is 2.42 bits per heavy atom. The molecular weight excluding hydrogens is 290 g/mol. The predicted molar refractivity (Wildman–Crippen MR) is 99.5 cm³/mol. The normalized spacial score (nSPS) is 22.3. The van der Waals surface area contributed by atoms with Gasteiger partial charge < -0.3 is 4.90 Å². The molecule has 0 aromatic heterocycles. The Labute approximate surface area is 141 Å². The van der Waals surface area contributed by atoms with E-state index in [0.29, 0.717) is 6.04 Å². The van der Waals surface area contributed by atoms with Gasteiger partial charge in [0.15, 0.2) is 0 Å². The standard InChI is InChI=1S/C23H17N/c1-2-9-19-15(7-1)18-11-6-14-22(18)24-21-13-4-3-8-17(21)16-10-5-12-20(16)23(19)24/h1-4,7-14,23H,5-6H2. The minimum Gasteiger partial charge on any atom is -0.329 e. The number of hydrogen-bond acceptors (Lipinski definition) is 1. The van der Waals surface area contributed by atoms with Crippen molar-refractivity contribution in [3.63, 3.8) is 0 Å². The molecule has 0 radical (unpaired) electrons. The fourth-order valence-electron chi connectivity index (χ4n) is 4.78. The first kappa shape index (κ1) is 12.6. The summed E-state index contributed by atoms with van der Waals surface area (Å²) in [5.74, 6) is 0. The average Bonchev–Trinajstić information content (AvgIpc) is 3.31. The van der Waals surface area contributed by atoms with Crippen molar-refractivity contribution in [1.29, 1.82) is 0 Å². The van der Waals surface area contributed by atoms with E-state index in [-0.39, 0.29) is 0 Å². The largest absolute Gasteiger partial charge is 0.329 e. The first-order valence-electron chi connectivity index (χ1n) is 8.73. The third-order valence-electron chi connectivity index (χ3n) is 5.69. The van der Waals surface area contributed by atoms with E-state index in [0.717, 1.165) is 12.8 Å². The van der Waals surface area contributed by atoms with Crippen LogP contribution in [0.5, 0.6) is 0 Å². The molecule has 1 atom stereocenters. The Balaban J connectivity index is 1.73. The molecule has 1 unspecified atom stereocenters. The number of fused-ring (bicyclic) bond motifs is 11. The first-order valence-corrected chi connectivity index (χ1v) is 8.73. The van der Waals surface area contributed by atoms with Gasteiger partial charge in [0.1, 0.15) is 0 Å². The Morgan fingerprint density at radius 2 is 1.46 bits per heavy atom. The van der Waals surface area contributed by atoms with Gasteiger partial charge in [-0.15, -0.1) is 0 Å². The molecule has 4 aliphatic rings. The molecule has 0 N–H and O–H groups in total. The van der Waals surface area contributed by atoms with Gasteiger partial charge in [0, 0.05) is 22.5 Å². The van der Waals surface area contributed by atoms with E-state index < -0.39 is 0 Å². The number of hydrogen-bond donors (Lipinski definition) is 0. The number of para-hydroxylation sites is 1. The number of nitrogens with zero attached hydrogens (tertiary/aromatic N) is 1. The summed E-state index contributed by atoms with van der Waals surface area (Å²) in [6, 6.07) is 18.1. The lowest BCUT2D eigenvalue weighted by atomic mass is 9.78. The maximum atomic E-state index is 2.57. The van der Waals surface area contributed by atoms with E-state index in [4.69, 9.17) is 0 Å². The van der Waals surface area contributed by atoms with Crippen LogP contribution in [0, 0.1) is 0 Å². The average molecular weight is 307 g/mol. The summed E-state index contributed by atoms with van der Waals surface area (Å²) in [6.45, 7) is 0. The summed E-state index contributed by atoms with van der Waals surface area (Å²) in [5.41, 5.74) is 11.3. The Kier molecular flexibility index (Phi) is 2.30. The summed E-state index contributed by atoms with van der Waals surface area (Å²) in [7, 11) is 0. The maximum absolute atomic E-state index is 2.57. The molecule has 0 amide bonds. The third kappa shape index (κ3) is 1.41. The molecule has 2 heterocycles. The highest BCUT2D eigenvalue weighted by Gasteiger charge is 2.42. The van der Waals surface area contributed by atoms with Crippen molar-refractivity contribution in [2.24, 2.45) is 0 Å². The minimum absolute atomic E-state index is 0.311. The van der Waals surface area contributed by atoms with Crippen molar-refractivity contribution in [3.8, 4) is 0 Å². The van der Waals surface area contributed by atoms with Crippen LogP contribution in [0.4, 0.5) is 5.69 Å². The zero-order valence-corrected chi connectivity index (χ0v) is 13.4. The van der Waals surface area contributed by atoms with Crippen LogP contribution in [-0.4, -0.2) is 0 Å². The number of benzene rings is 2. The van der Waals surface area contributed by atoms with E-state index in [1.54, 1.807) is 0 Å². The summed E-state index contributed by atoms with van der Waals surface area (Å²) >= 11 is 0. The summed E-state index contributed by atoms with van der Waals surface area (Å²) in [6.07, 6.45) is 11.7. The molecule has 0 saturated carbocycles. The monoisotopic (exact) mass is 307 g/mol. The smallest absolute Gasteiger partial charge is 0.0854 e. The Hall–Kier alpha value is -2.80. The highest BCUT2D eigenvalue weighted by atomic mass is 15.2. The summed E-state index contributed by atoms with van der Waals surface area (Å²) in [4.78, 5) is 2.57. The zero-order chi connectivity index (χ0) is 15.7. The van der Waals surface area contributed by atoms with Gasteiger partial charge in [-0.2, -0.15) is 0 Å². The van der Waals surface area contributed by atoms with Crippen molar-refractivity contribution in [2.45, 2.75) is 18.9 Å². The quantitative estimate of drug-likeness (QED) is 0.608. The Morgan fingerprint density at radius 1 is 0.708 bits per heavy atom. The van der Waals surface area contributed by atoms with Crippen molar-refractivity contribution in [2.75, 3.05) is 4.90 Å². The molecule has 0 spiro atoms. The van der Waals surface area contributed by atoms with E-state index in [9.17, 15) is 0 Å². The van der Waals surface area contributed by atoms with Crippen molar-refractivity contribution in [3.05, 3.63) is 101 Å². The van der Waals surface area contributed by atoms with Crippen LogP contribution in [0.15, 0.2) is 84.1 Å². The number of anilines is 1. The molecule has 114 valence electrons. The van der Waals surface area contributed by atoms with Crippen molar-refractivity contribution in [1.82, 2.24) is 0 Å². The summed E-state index contributed by atoms with van der Waals surface area (Å²) in [5, 5.41) is 0. The fraction of sp³-hybridized carbons (Fsp3) is 0.130. The van der Waals surface area contributed by atoms with E-state index in [2.05, 4.69) is 77.7 Å². The summed E-state index contributed by atoms with van der Waals surface area (Å²) < 4.78 is 0. The van der Waals surface area contributed by atoms with Gasteiger partial charge in [-0.05, 0) is 41.2 Å². The molecule has 2 aromatic rings. The van der Waals surface area contributed by atoms with Gasteiger partial charge in [-0.3, -0.25) is 0 Å². The minimum atomic E-state index is 0.311. The fourth-order valence-corrected chi connectivity index (χ4v) is 4.78. The second-order valence-electron chi connectivity index (χ2n) is 6.83. The SMILES string of the molecule is C1=C2C(=CC1)N1c3ccccc3C3=CCC=C3C1c1ccccc12. The molecule has 2 aliphatic carbocycles. The van der Waals surface area contributed by atoms with Crippen molar-refractivity contribution < 1.29 is 0 Å². The van der Waals surface area contributed by atoms with Gasteiger partial charge in [-0.25, -0.2) is 0 Å². The predicted octanol–water partition coefficient (Wildman–Crippen LogP) is 5.65. The van der Waals surface area contributed by atoms with Crippen LogP contribution in [0.1, 0.15) is 35.6 Å². The van der Waals surface area contributed by atoms with Crippen LogP contribution in [0.25, 0.3) is 11.1 Å². The van der Waals surface area contributed by atoms with Crippen LogP contribution < -0.4 is 4.90 Å². The van der Waals surface area contributed by atoms with E-state index >= 15 is 0 Å². The molecule has 2 aliphatic heterocycles. The van der Waals surface area contributed by atoms with E-state index in [1.807, 2.05) is 0 Å². The molecule has 0 bridgehead atoms. The maximum Gasteiger partial charge on any atom is 0.0854 e. The highest BCUT2D eigenvalue weighted by Crippen LogP contribution is 2.57. The van der Waals surface area contributed by atoms with Gasteiger partial charge in [0.05, 0.1) is 6.04 Å². The molecule has 1 heteroatoms. The topological polar surface area (TPSA) is 3.24 Å². The van der Waals surface area contributed by atoms with Gasteiger partial charge >= 0.3 is 0 Å². The van der Waals surface area contributed by atoms with Gasteiger partial charge in [0.25, 0.3) is 0 Å². The molecule has 24 heavy (non-hydrogen) atoms. The first-order chi connectivity index (χ1) is 11.9. The Bertz CT molecular complexity index is 932. The van der Waals surface area contributed by atoms with Gasteiger partial charge in [-0.1, -0.05) is 66.8 Å². The lowest BCUT2D eigenvalue weighted by molar-refractivity contribution is 0.768. The van der Waals surface area contributed by atoms with E-state index in [1.165, 1.54) is 44.8 Å². The molecule has 6 rings (SSSR count). The molecule has 0 fully saturated rings. The number of allylic oxidation sites excluding steroid dienone is 5.